The zero-order valence-corrected chi connectivity index (χ0v) is 12.0. The highest BCUT2D eigenvalue weighted by Gasteiger charge is 2.39. The number of amides is 1. The zero-order chi connectivity index (χ0) is 14.8. The van der Waals surface area contributed by atoms with E-state index in [2.05, 4.69) is 4.98 Å². The summed E-state index contributed by atoms with van der Waals surface area (Å²) in [4.78, 5) is 18.3. The van der Waals surface area contributed by atoms with Crippen molar-refractivity contribution in [3.05, 3.63) is 29.8 Å². The lowest BCUT2D eigenvalue weighted by Crippen LogP contribution is -2.45. The molecule has 1 saturated heterocycles. The van der Waals surface area contributed by atoms with Gasteiger partial charge < -0.3 is 10.0 Å². The van der Waals surface area contributed by atoms with Crippen LogP contribution in [0.1, 0.15) is 49.0 Å². The maximum Gasteiger partial charge on any atom is 0.272 e. The third-order valence-corrected chi connectivity index (χ3v) is 4.78. The number of rotatable bonds is 2. The van der Waals surface area contributed by atoms with Crippen LogP contribution in [0.3, 0.4) is 0 Å². The van der Waals surface area contributed by atoms with Gasteiger partial charge in [0.25, 0.3) is 5.91 Å². The summed E-state index contributed by atoms with van der Waals surface area (Å²) >= 11 is 0. The van der Waals surface area contributed by atoms with Gasteiger partial charge in [-0.15, -0.1) is 0 Å². The van der Waals surface area contributed by atoms with Gasteiger partial charge in [-0.05, 0) is 37.8 Å². The van der Waals surface area contributed by atoms with Gasteiger partial charge in [0.05, 0.1) is 12.3 Å². The summed E-state index contributed by atoms with van der Waals surface area (Å²) in [6, 6.07) is 2.80. The molecule has 3 rings (SSSR count). The van der Waals surface area contributed by atoms with Crippen LogP contribution in [-0.2, 0) is 0 Å². The number of aliphatic hydroxyl groups excluding tert-OH is 1. The molecule has 3 unspecified atom stereocenters. The smallest absolute Gasteiger partial charge is 0.272 e. The monoisotopic (exact) mass is 292 g/mol. The molecule has 1 N–H and O–H groups in total. The Morgan fingerprint density at radius 3 is 2.76 bits per heavy atom. The van der Waals surface area contributed by atoms with Crippen LogP contribution in [0.2, 0.25) is 0 Å². The number of aromatic nitrogens is 1. The van der Waals surface area contributed by atoms with Crippen LogP contribution >= 0.6 is 0 Å². The van der Waals surface area contributed by atoms with Crippen molar-refractivity contribution in [3.8, 4) is 0 Å². The Bertz CT molecular complexity index is 506. The van der Waals surface area contributed by atoms with E-state index in [-0.39, 0.29) is 29.7 Å². The first-order valence-corrected chi connectivity index (χ1v) is 7.77. The average Bonchev–Trinajstić information content (AvgIpc) is 2.97. The highest BCUT2D eigenvalue weighted by atomic mass is 19.1. The molecule has 1 aromatic heterocycles. The molecule has 1 amide bonds. The third-order valence-electron chi connectivity index (χ3n) is 4.78. The van der Waals surface area contributed by atoms with Crippen LogP contribution in [-0.4, -0.2) is 39.6 Å². The molecule has 0 radical (unpaired) electrons. The lowest BCUT2D eigenvalue weighted by atomic mass is 9.80. The predicted octanol–water partition coefficient (Wildman–Crippen LogP) is 2.38. The Labute approximate surface area is 124 Å². The SMILES string of the molecule is O=C(c1ccc(F)cn1)N1CCCC1C1CCCCC1O. The molecular formula is C16H21FN2O2. The minimum absolute atomic E-state index is 0.0969. The van der Waals surface area contributed by atoms with Crippen molar-refractivity contribution in [1.82, 2.24) is 9.88 Å². The molecule has 2 aliphatic rings. The normalized spacial score (nSPS) is 29.6. The largest absolute Gasteiger partial charge is 0.393 e. The number of likely N-dealkylation sites (tertiary alicyclic amines) is 1. The fourth-order valence-corrected chi connectivity index (χ4v) is 3.73. The van der Waals surface area contributed by atoms with Crippen molar-refractivity contribution in [2.24, 2.45) is 5.92 Å². The number of hydrogen-bond donors (Lipinski definition) is 1. The van der Waals surface area contributed by atoms with Crippen molar-refractivity contribution < 1.29 is 14.3 Å². The molecule has 4 nitrogen and oxygen atoms in total. The van der Waals surface area contributed by atoms with Crippen molar-refractivity contribution in [2.45, 2.75) is 50.7 Å². The second-order valence-corrected chi connectivity index (χ2v) is 6.09. The van der Waals surface area contributed by atoms with E-state index in [1.165, 1.54) is 12.1 Å². The van der Waals surface area contributed by atoms with Gasteiger partial charge in [0.2, 0.25) is 0 Å². The van der Waals surface area contributed by atoms with Gasteiger partial charge in [-0.25, -0.2) is 9.37 Å². The Balaban J connectivity index is 1.76. The van der Waals surface area contributed by atoms with Crippen LogP contribution in [0.4, 0.5) is 4.39 Å². The van der Waals surface area contributed by atoms with Crippen molar-refractivity contribution in [1.29, 1.82) is 0 Å². The Hall–Kier alpha value is -1.49. The topological polar surface area (TPSA) is 53.4 Å². The number of nitrogens with zero attached hydrogens (tertiary/aromatic N) is 2. The molecular weight excluding hydrogens is 271 g/mol. The van der Waals surface area contributed by atoms with Gasteiger partial charge in [-0.2, -0.15) is 0 Å². The Morgan fingerprint density at radius 2 is 2.05 bits per heavy atom. The molecule has 114 valence electrons. The summed E-state index contributed by atoms with van der Waals surface area (Å²) in [5.74, 6) is -0.409. The molecule has 1 aliphatic carbocycles. The lowest BCUT2D eigenvalue weighted by molar-refractivity contribution is 0.0209. The van der Waals surface area contributed by atoms with Gasteiger partial charge in [0.1, 0.15) is 11.5 Å². The van der Waals surface area contributed by atoms with Crippen molar-refractivity contribution in [3.63, 3.8) is 0 Å². The van der Waals surface area contributed by atoms with Crippen LogP contribution in [0.15, 0.2) is 18.3 Å². The van der Waals surface area contributed by atoms with Gasteiger partial charge in [-0.3, -0.25) is 4.79 Å². The first-order chi connectivity index (χ1) is 10.2. The molecule has 1 aromatic rings. The van der Waals surface area contributed by atoms with E-state index in [0.717, 1.165) is 44.7 Å². The molecule has 2 fully saturated rings. The molecule has 5 heteroatoms. The molecule has 2 heterocycles. The molecule has 1 aliphatic heterocycles. The molecule has 0 spiro atoms. The summed E-state index contributed by atoms with van der Waals surface area (Å²) in [5.41, 5.74) is 0.286. The van der Waals surface area contributed by atoms with Gasteiger partial charge in [-0.1, -0.05) is 12.8 Å². The van der Waals surface area contributed by atoms with E-state index in [9.17, 15) is 14.3 Å². The fraction of sp³-hybridized carbons (Fsp3) is 0.625. The third kappa shape index (κ3) is 2.93. The van der Waals surface area contributed by atoms with E-state index in [1.54, 1.807) is 0 Å². The van der Waals surface area contributed by atoms with Crippen molar-refractivity contribution in [2.75, 3.05) is 6.54 Å². The minimum Gasteiger partial charge on any atom is -0.393 e. The van der Waals surface area contributed by atoms with Crippen LogP contribution in [0, 0.1) is 11.7 Å². The second kappa shape index (κ2) is 6.10. The van der Waals surface area contributed by atoms with E-state index in [4.69, 9.17) is 0 Å². The van der Waals surface area contributed by atoms with Gasteiger partial charge >= 0.3 is 0 Å². The van der Waals surface area contributed by atoms with Crippen LogP contribution < -0.4 is 0 Å². The molecule has 3 atom stereocenters. The first-order valence-electron chi connectivity index (χ1n) is 7.77. The quantitative estimate of drug-likeness (QED) is 0.910. The second-order valence-electron chi connectivity index (χ2n) is 6.09. The maximum absolute atomic E-state index is 12.9. The van der Waals surface area contributed by atoms with E-state index < -0.39 is 5.82 Å². The zero-order valence-electron chi connectivity index (χ0n) is 12.0. The van der Waals surface area contributed by atoms with Gasteiger partial charge in [0.15, 0.2) is 0 Å². The molecule has 1 saturated carbocycles. The number of aliphatic hydroxyl groups is 1. The number of halogens is 1. The summed E-state index contributed by atoms with van der Waals surface area (Å²) < 4.78 is 12.9. The van der Waals surface area contributed by atoms with Crippen molar-refractivity contribution >= 4 is 5.91 Å². The maximum atomic E-state index is 12.9. The summed E-state index contributed by atoms with van der Waals surface area (Å²) in [6.45, 7) is 0.700. The highest BCUT2D eigenvalue weighted by Crippen LogP contribution is 2.35. The Morgan fingerprint density at radius 1 is 1.24 bits per heavy atom. The van der Waals surface area contributed by atoms with Gasteiger partial charge in [0, 0.05) is 18.5 Å². The molecule has 0 bridgehead atoms. The summed E-state index contributed by atoms with van der Waals surface area (Å²) in [7, 11) is 0. The average molecular weight is 292 g/mol. The summed E-state index contributed by atoms with van der Waals surface area (Å²) in [6.07, 6.45) is 6.67. The highest BCUT2D eigenvalue weighted by molar-refractivity contribution is 5.92. The standard InChI is InChI=1S/C16H21FN2O2/c17-11-7-8-13(18-10-11)16(21)19-9-3-5-14(19)12-4-1-2-6-15(12)20/h7-8,10,12,14-15,20H,1-6,9H2. The number of carbonyl (C=O) groups is 1. The number of hydrogen-bond acceptors (Lipinski definition) is 3. The number of carbonyl (C=O) groups excluding carboxylic acids is 1. The number of pyridine rings is 1. The summed E-state index contributed by atoms with van der Waals surface area (Å²) in [5, 5.41) is 10.2. The fourth-order valence-electron chi connectivity index (χ4n) is 3.73. The van der Waals surface area contributed by atoms with Crippen LogP contribution in [0.5, 0.6) is 0 Å². The predicted molar refractivity (Wildman–Crippen MR) is 76.2 cm³/mol. The van der Waals surface area contributed by atoms with Crippen LogP contribution in [0.25, 0.3) is 0 Å². The minimum atomic E-state index is -0.438. The molecule has 0 aromatic carbocycles. The van der Waals surface area contributed by atoms with E-state index >= 15 is 0 Å². The van der Waals surface area contributed by atoms with E-state index in [0.29, 0.717) is 6.54 Å². The molecule has 21 heavy (non-hydrogen) atoms. The Kier molecular flexibility index (Phi) is 4.19. The van der Waals surface area contributed by atoms with E-state index in [1.807, 2.05) is 4.90 Å². The first kappa shape index (κ1) is 14.4. The lowest BCUT2D eigenvalue weighted by Gasteiger charge is -2.37.